The summed E-state index contributed by atoms with van der Waals surface area (Å²) in [6, 6.07) is 1.92. The van der Waals surface area contributed by atoms with E-state index in [1.807, 2.05) is 0 Å². The van der Waals surface area contributed by atoms with Crippen molar-refractivity contribution in [1.82, 2.24) is 0 Å². The maximum Gasteiger partial charge on any atom is 0.373 e. The van der Waals surface area contributed by atoms with E-state index in [9.17, 15) is 14.0 Å². The maximum absolute atomic E-state index is 13.3. The van der Waals surface area contributed by atoms with Crippen LogP contribution < -0.4 is 4.74 Å². The Morgan fingerprint density at radius 1 is 1.56 bits per heavy atom. The third-order valence-electron chi connectivity index (χ3n) is 1.81. The fraction of sp³-hybridized carbons (Fsp3) is 0.0909. The molecule has 0 aliphatic carbocycles. The number of benzene rings is 1. The molecule has 1 aromatic rings. The van der Waals surface area contributed by atoms with Crippen LogP contribution in [0.4, 0.5) is 10.1 Å². The molecule has 0 bridgehead atoms. The highest BCUT2D eigenvalue weighted by Crippen LogP contribution is 2.32. The van der Waals surface area contributed by atoms with Gasteiger partial charge in [0.1, 0.15) is 11.4 Å². The molecule has 0 fully saturated rings. The number of carbonyl (C=O) groups is 1. The van der Waals surface area contributed by atoms with E-state index >= 15 is 0 Å². The van der Waals surface area contributed by atoms with E-state index in [1.165, 1.54) is 6.08 Å². The number of hydrogen-bond acceptors (Lipinski definition) is 5. The van der Waals surface area contributed by atoms with Crippen molar-refractivity contribution in [3.05, 3.63) is 35.3 Å². The van der Waals surface area contributed by atoms with E-state index in [4.69, 9.17) is 16.3 Å². The van der Waals surface area contributed by atoms with Crippen molar-refractivity contribution in [2.45, 2.75) is 0 Å². The largest absolute Gasteiger partial charge is 0.463 e. The Hall–Kier alpha value is -2.17. The molecule has 0 saturated carbocycles. The average molecular weight is 272 g/mol. The van der Waals surface area contributed by atoms with E-state index in [-0.39, 0.29) is 22.2 Å². The standard InChI is InChI=1S/C11H7ClFNO4/c1-6(11(16)17-2)18-10-4-9(14-5-15)8(13)3-7(10)12/h3-4H,1H2,2H3. The van der Waals surface area contributed by atoms with Gasteiger partial charge in [-0.2, -0.15) is 4.99 Å². The second-order valence-corrected chi connectivity index (χ2v) is 3.36. The van der Waals surface area contributed by atoms with Crippen LogP contribution >= 0.6 is 11.6 Å². The zero-order chi connectivity index (χ0) is 13.7. The van der Waals surface area contributed by atoms with Crippen molar-refractivity contribution in [2.75, 3.05) is 7.11 Å². The number of esters is 1. The van der Waals surface area contributed by atoms with Gasteiger partial charge in [0.25, 0.3) is 0 Å². The lowest BCUT2D eigenvalue weighted by atomic mass is 10.3. The van der Waals surface area contributed by atoms with Gasteiger partial charge in [0, 0.05) is 6.07 Å². The van der Waals surface area contributed by atoms with Crippen LogP contribution in [-0.2, 0) is 14.3 Å². The molecule has 0 aliphatic rings. The first kappa shape index (κ1) is 13.9. The summed E-state index contributed by atoms with van der Waals surface area (Å²) in [6.45, 7) is 3.30. The summed E-state index contributed by atoms with van der Waals surface area (Å²) < 4.78 is 22.6. The molecule has 0 atom stereocenters. The molecule has 0 heterocycles. The van der Waals surface area contributed by atoms with Gasteiger partial charge in [0.15, 0.2) is 5.82 Å². The zero-order valence-electron chi connectivity index (χ0n) is 9.20. The molecule has 1 aromatic carbocycles. The molecular formula is C11H7ClFNO4. The fourth-order valence-corrected chi connectivity index (χ4v) is 1.21. The number of halogens is 2. The minimum Gasteiger partial charge on any atom is -0.463 e. The van der Waals surface area contributed by atoms with Gasteiger partial charge in [-0.25, -0.2) is 14.0 Å². The summed E-state index contributed by atoms with van der Waals surface area (Å²) in [5.74, 6) is -2.05. The molecule has 0 aliphatic heterocycles. The minimum absolute atomic E-state index is 0.0810. The summed E-state index contributed by atoms with van der Waals surface area (Å²) >= 11 is 5.70. The number of isocyanates is 1. The predicted molar refractivity (Wildman–Crippen MR) is 61.0 cm³/mol. The van der Waals surface area contributed by atoms with Gasteiger partial charge in [-0.15, -0.1) is 0 Å². The molecular weight excluding hydrogens is 265 g/mol. The van der Waals surface area contributed by atoms with Gasteiger partial charge in [-0.3, -0.25) is 0 Å². The Kier molecular flexibility index (Phi) is 4.59. The molecule has 0 spiro atoms. The number of nitrogens with zero attached hydrogens (tertiary/aromatic N) is 1. The van der Waals surface area contributed by atoms with Crippen LogP contribution in [0.5, 0.6) is 5.75 Å². The normalized spacial score (nSPS) is 9.28. The van der Waals surface area contributed by atoms with E-state index in [0.717, 1.165) is 19.2 Å². The molecule has 0 amide bonds. The first-order valence-corrected chi connectivity index (χ1v) is 4.89. The monoisotopic (exact) mass is 271 g/mol. The summed E-state index contributed by atoms with van der Waals surface area (Å²) in [5, 5.41) is -0.109. The van der Waals surface area contributed by atoms with E-state index < -0.39 is 11.8 Å². The van der Waals surface area contributed by atoms with E-state index in [2.05, 4.69) is 16.3 Å². The van der Waals surface area contributed by atoms with Gasteiger partial charge < -0.3 is 9.47 Å². The second kappa shape index (κ2) is 5.95. The quantitative estimate of drug-likeness (QED) is 0.277. The molecule has 0 aromatic heterocycles. The molecule has 0 N–H and O–H groups in total. The summed E-state index contributed by atoms with van der Waals surface area (Å²) in [6.07, 6.45) is 1.18. The Labute approximate surface area is 106 Å². The van der Waals surface area contributed by atoms with E-state index in [0.29, 0.717) is 0 Å². The highest BCUT2D eigenvalue weighted by atomic mass is 35.5. The lowest BCUT2D eigenvalue weighted by Crippen LogP contribution is -2.09. The van der Waals surface area contributed by atoms with Crippen LogP contribution in [-0.4, -0.2) is 19.2 Å². The van der Waals surface area contributed by atoms with Crippen molar-refractivity contribution in [1.29, 1.82) is 0 Å². The Morgan fingerprint density at radius 2 is 2.22 bits per heavy atom. The third kappa shape index (κ3) is 3.16. The minimum atomic E-state index is -0.820. The van der Waals surface area contributed by atoms with Gasteiger partial charge >= 0.3 is 5.97 Å². The number of hydrogen-bond donors (Lipinski definition) is 0. The van der Waals surface area contributed by atoms with Crippen molar-refractivity contribution < 1.29 is 23.5 Å². The van der Waals surface area contributed by atoms with Gasteiger partial charge in [0.05, 0.1) is 12.1 Å². The van der Waals surface area contributed by atoms with Crippen molar-refractivity contribution in [3.63, 3.8) is 0 Å². The molecule has 0 saturated heterocycles. The Bertz CT molecular complexity index is 552. The third-order valence-corrected chi connectivity index (χ3v) is 2.11. The van der Waals surface area contributed by atoms with Crippen LogP contribution in [0.1, 0.15) is 0 Å². The van der Waals surface area contributed by atoms with Gasteiger partial charge in [-0.05, 0) is 12.6 Å². The first-order valence-electron chi connectivity index (χ1n) is 4.51. The molecule has 0 radical (unpaired) electrons. The lowest BCUT2D eigenvalue weighted by molar-refractivity contribution is -0.138. The van der Waals surface area contributed by atoms with Crippen molar-refractivity contribution in [3.8, 4) is 5.75 Å². The molecule has 7 heteroatoms. The summed E-state index contributed by atoms with van der Waals surface area (Å²) in [5.41, 5.74) is -0.318. The lowest BCUT2D eigenvalue weighted by Gasteiger charge is -2.09. The SMILES string of the molecule is C=C(Oc1cc(N=C=O)c(F)cc1Cl)C(=O)OC. The van der Waals surface area contributed by atoms with Crippen LogP contribution in [0.15, 0.2) is 29.5 Å². The highest BCUT2D eigenvalue weighted by molar-refractivity contribution is 6.32. The predicted octanol–water partition coefficient (Wildman–Crippen LogP) is 2.51. The number of aliphatic imine (C=N–C) groups is 1. The van der Waals surface area contributed by atoms with Crippen LogP contribution in [0, 0.1) is 5.82 Å². The zero-order valence-corrected chi connectivity index (χ0v) is 9.95. The molecule has 18 heavy (non-hydrogen) atoms. The van der Waals surface area contributed by atoms with E-state index in [1.54, 1.807) is 0 Å². The molecule has 94 valence electrons. The number of ether oxygens (including phenoxy) is 2. The molecule has 5 nitrogen and oxygen atoms in total. The first-order chi connectivity index (χ1) is 8.49. The average Bonchev–Trinajstić information content (AvgIpc) is 2.34. The van der Waals surface area contributed by atoms with Crippen LogP contribution in [0.2, 0.25) is 5.02 Å². The van der Waals surface area contributed by atoms with Crippen LogP contribution in [0.3, 0.4) is 0 Å². The van der Waals surface area contributed by atoms with Gasteiger partial charge in [0.2, 0.25) is 11.8 Å². The topological polar surface area (TPSA) is 65.0 Å². The van der Waals surface area contributed by atoms with Gasteiger partial charge in [-0.1, -0.05) is 11.6 Å². The number of rotatable bonds is 4. The summed E-state index contributed by atoms with van der Waals surface area (Å²) in [7, 11) is 1.14. The number of carbonyl (C=O) groups excluding carboxylic acids is 2. The maximum atomic E-state index is 13.3. The smallest absolute Gasteiger partial charge is 0.373 e. The fourth-order valence-electron chi connectivity index (χ4n) is 1.02. The number of methoxy groups -OCH3 is 1. The molecule has 1 rings (SSSR count). The Balaban J connectivity index is 3.09. The Morgan fingerprint density at radius 3 is 2.78 bits per heavy atom. The van der Waals surface area contributed by atoms with Crippen LogP contribution in [0.25, 0.3) is 0 Å². The second-order valence-electron chi connectivity index (χ2n) is 2.95. The molecule has 0 unspecified atom stereocenters. The highest BCUT2D eigenvalue weighted by Gasteiger charge is 2.14. The van der Waals surface area contributed by atoms with Crippen molar-refractivity contribution in [2.24, 2.45) is 4.99 Å². The summed E-state index contributed by atoms with van der Waals surface area (Å²) in [4.78, 5) is 24.2. The van der Waals surface area contributed by atoms with Crippen molar-refractivity contribution >= 4 is 29.3 Å².